The van der Waals surface area contributed by atoms with E-state index in [1.54, 1.807) is 0 Å². The second-order valence-corrected chi connectivity index (χ2v) is 8.12. The fraction of sp³-hybridized carbons (Fsp3) is 0.458. The van der Waals surface area contributed by atoms with E-state index in [2.05, 4.69) is 48.2 Å². The van der Waals surface area contributed by atoms with E-state index in [1.807, 2.05) is 18.0 Å². The number of likely N-dealkylation sites (N-methyl/N-ethyl adjacent to an activating group) is 1. The number of likely N-dealkylation sites (tertiary alicyclic amines) is 1. The van der Waals surface area contributed by atoms with Gasteiger partial charge in [0.05, 0.1) is 19.8 Å². The fourth-order valence-corrected chi connectivity index (χ4v) is 4.13. The van der Waals surface area contributed by atoms with Gasteiger partial charge in [-0.2, -0.15) is 0 Å². The third kappa shape index (κ3) is 4.73. The Bertz CT molecular complexity index is 850. The van der Waals surface area contributed by atoms with Crippen molar-refractivity contribution in [3.8, 4) is 11.5 Å². The standard InChI is InChI=1S/C24H30N2O3/c1-18-6-8-19(9-7-18)16-25(2)24(27)17-26-12-3-5-21(26)20-10-11-22-23(15-20)29-14-4-13-28-22/h6-11,15,21H,3-5,12-14,16-17H2,1-2H3/t21-/m0/s1. The highest BCUT2D eigenvalue weighted by atomic mass is 16.5. The summed E-state index contributed by atoms with van der Waals surface area (Å²) in [4.78, 5) is 17.0. The summed E-state index contributed by atoms with van der Waals surface area (Å²) >= 11 is 0. The van der Waals surface area contributed by atoms with Crippen LogP contribution in [-0.2, 0) is 11.3 Å². The number of ether oxygens (including phenoxy) is 2. The Kier molecular flexibility index (Phi) is 6.05. The van der Waals surface area contributed by atoms with Gasteiger partial charge in [-0.25, -0.2) is 0 Å². The molecule has 2 aromatic carbocycles. The topological polar surface area (TPSA) is 42.0 Å². The van der Waals surface area contributed by atoms with Crippen LogP contribution in [0.1, 0.15) is 42.0 Å². The molecule has 0 spiro atoms. The molecule has 1 amide bonds. The molecule has 0 unspecified atom stereocenters. The lowest BCUT2D eigenvalue weighted by Crippen LogP contribution is -2.37. The van der Waals surface area contributed by atoms with E-state index >= 15 is 0 Å². The van der Waals surface area contributed by atoms with Gasteiger partial charge in [-0.3, -0.25) is 9.69 Å². The Labute approximate surface area is 173 Å². The molecule has 1 fully saturated rings. The fourth-order valence-electron chi connectivity index (χ4n) is 4.13. The minimum atomic E-state index is 0.159. The number of hydrogen-bond acceptors (Lipinski definition) is 4. The van der Waals surface area contributed by atoms with Crippen molar-refractivity contribution in [2.24, 2.45) is 0 Å². The molecule has 2 aliphatic rings. The quantitative estimate of drug-likeness (QED) is 0.770. The lowest BCUT2D eigenvalue weighted by atomic mass is 10.0. The summed E-state index contributed by atoms with van der Waals surface area (Å²) in [5, 5.41) is 0. The molecule has 0 aromatic heterocycles. The van der Waals surface area contributed by atoms with Crippen molar-refractivity contribution < 1.29 is 14.3 Å². The zero-order valence-corrected chi connectivity index (χ0v) is 17.4. The number of amides is 1. The van der Waals surface area contributed by atoms with Crippen LogP contribution in [0.15, 0.2) is 42.5 Å². The third-order valence-corrected chi connectivity index (χ3v) is 5.82. The normalized spacial score (nSPS) is 19.0. The summed E-state index contributed by atoms with van der Waals surface area (Å²) in [6.45, 7) is 5.49. The van der Waals surface area contributed by atoms with Gasteiger partial charge < -0.3 is 14.4 Å². The molecule has 0 radical (unpaired) electrons. The van der Waals surface area contributed by atoms with Crippen molar-refractivity contribution in [3.05, 3.63) is 59.2 Å². The molecule has 0 saturated carbocycles. The first-order chi connectivity index (χ1) is 14.1. The van der Waals surface area contributed by atoms with Crippen LogP contribution in [-0.4, -0.2) is 49.1 Å². The lowest BCUT2D eigenvalue weighted by Gasteiger charge is -2.27. The van der Waals surface area contributed by atoms with E-state index in [9.17, 15) is 4.79 Å². The van der Waals surface area contributed by atoms with Crippen molar-refractivity contribution in [3.63, 3.8) is 0 Å². The number of carbonyl (C=O) groups is 1. The molecule has 29 heavy (non-hydrogen) atoms. The van der Waals surface area contributed by atoms with Crippen LogP contribution in [0.5, 0.6) is 11.5 Å². The third-order valence-electron chi connectivity index (χ3n) is 5.82. The number of benzene rings is 2. The largest absolute Gasteiger partial charge is 0.490 e. The second kappa shape index (κ2) is 8.87. The highest BCUT2D eigenvalue weighted by molar-refractivity contribution is 5.78. The van der Waals surface area contributed by atoms with Crippen molar-refractivity contribution in [1.29, 1.82) is 0 Å². The minimum Gasteiger partial charge on any atom is -0.490 e. The summed E-state index contributed by atoms with van der Waals surface area (Å²) in [5.74, 6) is 1.81. The average Bonchev–Trinajstić information content (AvgIpc) is 3.05. The molecular weight excluding hydrogens is 364 g/mol. The Hall–Kier alpha value is -2.53. The number of aryl methyl sites for hydroxylation is 1. The van der Waals surface area contributed by atoms with E-state index in [1.165, 1.54) is 11.1 Å². The number of rotatable bonds is 5. The molecule has 5 nitrogen and oxygen atoms in total. The predicted octanol–water partition coefficient (Wildman–Crippen LogP) is 3.95. The van der Waals surface area contributed by atoms with Crippen LogP contribution in [0, 0.1) is 6.92 Å². The molecule has 2 aromatic rings. The first-order valence-corrected chi connectivity index (χ1v) is 10.5. The summed E-state index contributed by atoms with van der Waals surface area (Å²) < 4.78 is 11.6. The number of hydrogen-bond donors (Lipinski definition) is 0. The molecule has 5 heteroatoms. The summed E-state index contributed by atoms with van der Waals surface area (Å²) in [7, 11) is 1.89. The van der Waals surface area contributed by atoms with Crippen LogP contribution in [0.2, 0.25) is 0 Å². The molecule has 1 saturated heterocycles. The predicted molar refractivity (Wildman–Crippen MR) is 113 cm³/mol. The van der Waals surface area contributed by atoms with Crippen LogP contribution in [0.4, 0.5) is 0 Å². The van der Waals surface area contributed by atoms with Crippen LogP contribution < -0.4 is 9.47 Å². The molecule has 0 bridgehead atoms. The van der Waals surface area contributed by atoms with Crippen molar-refractivity contribution in [2.45, 2.75) is 38.8 Å². The maximum absolute atomic E-state index is 12.9. The van der Waals surface area contributed by atoms with Gasteiger partial charge >= 0.3 is 0 Å². The van der Waals surface area contributed by atoms with Gasteiger partial charge in [0.25, 0.3) is 0 Å². The van der Waals surface area contributed by atoms with Crippen molar-refractivity contribution >= 4 is 5.91 Å². The van der Waals surface area contributed by atoms with Gasteiger partial charge in [0.15, 0.2) is 11.5 Å². The second-order valence-electron chi connectivity index (χ2n) is 8.12. The van der Waals surface area contributed by atoms with E-state index in [4.69, 9.17) is 9.47 Å². The van der Waals surface area contributed by atoms with E-state index in [0.717, 1.165) is 42.9 Å². The Morgan fingerprint density at radius 3 is 2.62 bits per heavy atom. The molecular formula is C24H30N2O3. The molecule has 1 atom stereocenters. The zero-order chi connectivity index (χ0) is 20.2. The van der Waals surface area contributed by atoms with E-state index in [0.29, 0.717) is 26.3 Å². The SMILES string of the molecule is Cc1ccc(CN(C)C(=O)CN2CCC[C@H]2c2ccc3c(c2)OCCCO3)cc1. The average molecular weight is 395 g/mol. The van der Waals surface area contributed by atoms with Crippen molar-refractivity contribution in [1.82, 2.24) is 9.80 Å². The zero-order valence-electron chi connectivity index (χ0n) is 17.4. The van der Waals surface area contributed by atoms with Crippen LogP contribution in [0.25, 0.3) is 0 Å². The first kappa shape index (κ1) is 19.8. The summed E-state index contributed by atoms with van der Waals surface area (Å²) in [6.07, 6.45) is 3.07. The molecule has 0 N–H and O–H groups in total. The van der Waals surface area contributed by atoms with Gasteiger partial charge in [0.2, 0.25) is 5.91 Å². The highest BCUT2D eigenvalue weighted by Gasteiger charge is 2.29. The maximum Gasteiger partial charge on any atom is 0.236 e. The van der Waals surface area contributed by atoms with E-state index in [-0.39, 0.29) is 11.9 Å². The molecule has 2 heterocycles. The van der Waals surface area contributed by atoms with Gasteiger partial charge in [-0.1, -0.05) is 35.9 Å². The van der Waals surface area contributed by atoms with Gasteiger partial charge in [0.1, 0.15) is 0 Å². The highest BCUT2D eigenvalue weighted by Crippen LogP contribution is 2.37. The number of fused-ring (bicyclic) bond motifs is 1. The molecule has 0 aliphatic carbocycles. The maximum atomic E-state index is 12.9. The minimum absolute atomic E-state index is 0.159. The Morgan fingerprint density at radius 1 is 1.07 bits per heavy atom. The first-order valence-electron chi connectivity index (χ1n) is 10.5. The number of carbonyl (C=O) groups excluding carboxylic acids is 1. The Morgan fingerprint density at radius 2 is 1.83 bits per heavy atom. The number of nitrogens with zero attached hydrogens (tertiary/aromatic N) is 2. The van der Waals surface area contributed by atoms with Crippen molar-refractivity contribution in [2.75, 3.05) is 33.4 Å². The molecule has 154 valence electrons. The smallest absolute Gasteiger partial charge is 0.236 e. The Balaban J connectivity index is 1.41. The van der Waals surface area contributed by atoms with Gasteiger partial charge in [-0.05, 0) is 49.6 Å². The lowest BCUT2D eigenvalue weighted by molar-refractivity contribution is -0.131. The van der Waals surface area contributed by atoms with Gasteiger partial charge in [0, 0.05) is 26.1 Å². The van der Waals surface area contributed by atoms with Crippen LogP contribution in [0.3, 0.4) is 0 Å². The summed E-state index contributed by atoms with van der Waals surface area (Å²) in [5.41, 5.74) is 3.60. The van der Waals surface area contributed by atoms with E-state index < -0.39 is 0 Å². The molecule has 2 aliphatic heterocycles. The summed E-state index contributed by atoms with van der Waals surface area (Å²) in [6, 6.07) is 14.9. The van der Waals surface area contributed by atoms with Crippen LogP contribution >= 0.6 is 0 Å². The monoisotopic (exact) mass is 394 g/mol. The molecule has 4 rings (SSSR count). The van der Waals surface area contributed by atoms with Gasteiger partial charge in [-0.15, -0.1) is 0 Å².